The van der Waals surface area contributed by atoms with Crippen LogP contribution >= 0.6 is 0 Å². The Morgan fingerprint density at radius 3 is 2.65 bits per heavy atom. The largest absolute Gasteiger partial charge is 0.497 e. The average molecular weight is 424 g/mol. The molecule has 2 N–H and O–H groups in total. The van der Waals surface area contributed by atoms with Crippen molar-refractivity contribution < 1.29 is 14.3 Å². The maximum Gasteiger partial charge on any atom is 0.412 e. The van der Waals surface area contributed by atoms with E-state index in [4.69, 9.17) is 9.47 Å². The van der Waals surface area contributed by atoms with E-state index < -0.39 is 6.09 Å². The van der Waals surface area contributed by atoms with Gasteiger partial charge in [0.15, 0.2) is 0 Å². The van der Waals surface area contributed by atoms with E-state index in [-0.39, 0.29) is 6.61 Å². The van der Waals surface area contributed by atoms with Gasteiger partial charge in [0.05, 0.1) is 24.7 Å². The highest BCUT2D eigenvalue weighted by molar-refractivity contribution is 5.91. The number of H-pyrrole nitrogens is 1. The van der Waals surface area contributed by atoms with Gasteiger partial charge in [0.25, 0.3) is 0 Å². The highest BCUT2D eigenvalue weighted by atomic mass is 16.5. The number of carbonyl (C=O) groups excluding carboxylic acids is 1. The first-order valence-electron chi connectivity index (χ1n) is 10.0. The monoisotopic (exact) mass is 423 g/mol. The first-order valence-corrected chi connectivity index (χ1v) is 10.0. The SMILES string of the molecule is COc1cccc(COC(=O)Nc2ccc(-c3cn[nH]c3)cc2N(C)CCN(C)C)c1. The molecule has 0 aliphatic heterocycles. The molecule has 3 rings (SSSR count). The molecular formula is C23H29N5O3. The van der Waals surface area contributed by atoms with Crippen molar-refractivity contribution in [2.45, 2.75) is 6.61 Å². The molecule has 0 bridgehead atoms. The topological polar surface area (TPSA) is 82.7 Å². The molecule has 3 aromatic rings. The van der Waals surface area contributed by atoms with E-state index in [1.165, 1.54) is 0 Å². The van der Waals surface area contributed by atoms with E-state index in [2.05, 4.69) is 25.3 Å². The number of carbonyl (C=O) groups is 1. The minimum Gasteiger partial charge on any atom is -0.497 e. The van der Waals surface area contributed by atoms with Crippen LogP contribution in [0.25, 0.3) is 11.1 Å². The zero-order chi connectivity index (χ0) is 22.2. The predicted octanol–water partition coefficient (Wildman–Crippen LogP) is 3.83. The number of benzene rings is 2. The second kappa shape index (κ2) is 10.5. The lowest BCUT2D eigenvalue weighted by Crippen LogP contribution is -2.29. The number of amides is 1. The van der Waals surface area contributed by atoms with E-state index in [1.807, 2.05) is 69.8 Å². The van der Waals surface area contributed by atoms with Crippen molar-refractivity contribution in [1.82, 2.24) is 15.1 Å². The van der Waals surface area contributed by atoms with Gasteiger partial charge in [0.1, 0.15) is 12.4 Å². The number of likely N-dealkylation sites (N-methyl/N-ethyl adjacent to an activating group) is 2. The molecule has 0 spiro atoms. The van der Waals surface area contributed by atoms with Crippen LogP contribution in [0.1, 0.15) is 5.56 Å². The van der Waals surface area contributed by atoms with Crippen LogP contribution in [0.2, 0.25) is 0 Å². The molecule has 0 aliphatic carbocycles. The molecule has 31 heavy (non-hydrogen) atoms. The number of hydrogen-bond donors (Lipinski definition) is 2. The molecule has 0 radical (unpaired) electrons. The number of anilines is 2. The maximum atomic E-state index is 12.5. The standard InChI is InChI=1S/C23H29N5O3/c1-27(2)10-11-28(3)22-13-18(19-14-24-25-15-19)8-9-21(22)26-23(29)31-16-17-6-5-7-20(12-17)30-4/h5-9,12-15H,10-11,16H2,1-4H3,(H,24,25)(H,26,29). The van der Waals surface area contributed by atoms with Gasteiger partial charge in [-0.25, -0.2) is 4.79 Å². The molecule has 0 saturated carbocycles. The van der Waals surface area contributed by atoms with Gasteiger partial charge in [0, 0.05) is 31.9 Å². The fraction of sp³-hybridized carbons (Fsp3) is 0.304. The summed E-state index contributed by atoms with van der Waals surface area (Å²) in [6, 6.07) is 13.3. The minimum absolute atomic E-state index is 0.155. The molecule has 164 valence electrons. The lowest BCUT2D eigenvalue weighted by Gasteiger charge is -2.25. The Kier molecular flexibility index (Phi) is 7.50. The van der Waals surface area contributed by atoms with Gasteiger partial charge in [-0.1, -0.05) is 18.2 Å². The molecule has 0 atom stereocenters. The van der Waals surface area contributed by atoms with Crippen LogP contribution in [0, 0.1) is 0 Å². The van der Waals surface area contributed by atoms with Crippen LogP contribution in [-0.4, -0.2) is 62.5 Å². The van der Waals surface area contributed by atoms with Gasteiger partial charge in [-0.3, -0.25) is 10.4 Å². The highest BCUT2D eigenvalue weighted by Gasteiger charge is 2.14. The van der Waals surface area contributed by atoms with Crippen molar-refractivity contribution in [3.05, 3.63) is 60.4 Å². The van der Waals surface area contributed by atoms with Crippen molar-refractivity contribution in [2.75, 3.05) is 51.6 Å². The van der Waals surface area contributed by atoms with Gasteiger partial charge >= 0.3 is 6.09 Å². The van der Waals surface area contributed by atoms with Gasteiger partial charge in [-0.2, -0.15) is 5.10 Å². The highest BCUT2D eigenvalue weighted by Crippen LogP contribution is 2.31. The summed E-state index contributed by atoms with van der Waals surface area (Å²) >= 11 is 0. The third-order valence-electron chi connectivity index (χ3n) is 4.86. The van der Waals surface area contributed by atoms with Gasteiger partial charge in [0.2, 0.25) is 0 Å². The molecule has 0 saturated heterocycles. The quantitative estimate of drug-likeness (QED) is 0.544. The Bertz CT molecular complexity index is 989. The van der Waals surface area contributed by atoms with Gasteiger partial charge < -0.3 is 19.3 Å². The third kappa shape index (κ3) is 6.23. The normalized spacial score (nSPS) is 10.7. The van der Waals surface area contributed by atoms with E-state index in [0.29, 0.717) is 5.69 Å². The zero-order valence-electron chi connectivity index (χ0n) is 18.4. The molecule has 1 heterocycles. The average Bonchev–Trinajstić information content (AvgIpc) is 3.31. The van der Waals surface area contributed by atoms with Crippen molar-refractivity contribution >= 4 is 17.5 Å². The summed E-state index contributed by atoms with van der Waals surface area (Å²) in [4.78, 5) is 16.7. The van der Waals surface area contributed by atoms with Gasteiger partial charge in [-0.15, -0.1) is 0 Å². The predicted molar refractivity (Wildman–Crippen MR) is 123 cm³/mol. The van der Waals surface area contributed by atoms with Gasteiger partial charge in [-0.05, 0) is 49.5 Å². The smallest absolute Gasteiger partial charge is 0.412 e. The Labute approximate surface area is 182 Å². The van der Waals surface area contributed by atoms with Crippen LogP contribution in [0.4, 0.5) is 16.2 Å². The van der Waals surface area contributed by atoms with E-state index in [9.17, 15) is 4.79 Å². The first-order chi connectivity index (χ1) is 15.0. The summed E-state index contributed by atoms with van der Waals surface area (Å²) < 4.78 is 10.6. The number of rotatable bonds is 9. The number of hydrogen-bond acceptors (Lipinski definition) is 6. The molecule has 0 aliphatic rings. The summed E-state index contributed by atoms with van der Waals surface area (Å²) in [5.74, 6) is 0.723. The molecule has 0 fully saturated rings. The van der Waals surface area contributed by atoms with Crippen LogP contribution in [0.15, 0.2) is 54.9 Å². The number of nitrogens with zero attached hydrogens (tertiary/aromatic N) is 3. The molecule has 8 heteroatoms. The lowest BCUT2D eigenvalue weighted by atomic mass is 10.1. The first kappa shape index (κ1) is 22.2. The van der Waals surface area contributed by atoms with Crippen LogP contribution in [0.5, 0.6) is 5.75 Å². The van der Waals surface area contributed by atoms with Crippen molar-refractivity contribution in [3.63, 3.8) is 0 Å². The Balaban J connectivity index is 1.74. The second-order valence-electron chi connectivity index (χ2n) is 7.50. The fourth-order valence-corrected chi connectivity index (χ4v) is 3.07. The number of methoxy groups -OCH3 is 1. The third-order valence-corrected chi connectivity index (χ3v) is 4.86. The molecule has 1 amide bonds. The molecule has 8 nitrogen and oxygen atoms in total. The van der Waals surface area contributed by atoms with E-state index in [1.54, 1.807) is 13.3 Å². The lowest BCUT2D eigenvalue weighted by molar-refractivity contribution is 0.155. The van der Waals surface area contributed by atoms with Crippen molar-refractivity contribution in [3.8, 4) is 16.9 Å². The number of ether oxygens (including phenoxy) is 2. The summed E-state index contributed by atoms with van der Waals surface area (Å²) in [7, 11) is 7.68. The number of aromatic amines is 1. The molecule has 2 aromatic carbocycles. The summed E-state index contributed by atoms with van der Waals surface area (Å²) in [6.07, 6.45) is 3.10. The number of aromatic nitrogens is 2. The van der Waals surface area contributed by atoms with Crippen molar-refractivity contribution in [1.29, 1.82) is 0 Å². The summed E-state index contributed by atoms with van der Waals surface area (Å²) in [6.45, 7) is 1.84. The van der Waals surface area contributed by atoms with Crippen molar-refractivity contribution in [2.24, 2.45) is 0 Å². The maximum absolute atomic E-state index is 12.5. The zero-order valence-corrected chi connectivity index (χ0v) is 18.4. The van der Waals surface area contributed by atoms with Crippen LogP contribution < -0.4 is 15.0 Å². The van der Waals surface area contributed by atoms with E-state index in [0.717, 1.165) is 41.2 Å². The summed E-state index contributed by atoms with van der Waals surface area (Å²) in [5.41, 5.74) is 4.43. The Hall–Kier alpha value is -3.52. The second-order valence-corrected chi connectivity index (χ2v) is 7.50. The molecular weight excluding hydrogens is 394 g/mol. The summed E-state index contributed by atoms with van der Waals surface area (Å²) in [5, 5.41) is 9.74. The van der Waals surface area contributed by atoms with Crippen LogP contribution in [0.3, 0.4) is 0 Å². The Morgan fingerprint density at radius 1 is 1.10 bits per heavy atom. The van der Waals surface area contributed by atoms with E-state index >= 15 is 0 Å². The minimum atomic E-state index is -0.513. The Morgan fingerprint density at radius 2 is 1.94 bits per heavy atom. The van der Waals surface area contributed by atoms with Crippen LogP contribution in [-0.2, 0) is 11.3 Å². The fourth-order valence-electron chi connectivity index (χ4n) is 3.07. The molecule has 0 unspecified atom stereocenters. The molecule has 1 aromatic heterocycles. The number of nitrogens with one attached hydrogen (secondary N) is 2.